The van der Waals surface area contributed by atoms with Crippen LogP contribution in [-0.4, -0.2) is 35.9 Å². The monoisotopic (exact) mass is 371 g/mol. The summed E-state index contributed by atoms with van der Waals surface area (Å²) < 4.78 is 16.1. The number of allylic oxidation sites excluding steroid dienone is 1. The number of rotatable bonds is 8. The maximum Gasteiger partial charge on any atom is 0.303 e. The summed E-state index contributed by atoms with van der Waals surface area (Å²) in [6, 6.07) is 8.09. The zero-order chi connectivity index (χ0) is 19.2. The molecule has 8 nitrogen and oxygen atoms in total. The van der Waals surface area contributed by atoms with E-state index in [1.165, 1.54) is 18.4 Å². The Bertz CT molecular complexity index is 883. The van der Waals surface area contributed by atoms with E-state index >= 15 is 0 Å². The second-order valence-corrected chi connectivity index (χ2v) is 5.75. The fraction of sp³-hybridized carbons (Fsp3) is 0.211. The Morgan fingerprint density at radius 1 is 1.26 bits per heavy atom. The Kier molecular flexibility index (Phi) is 5.55. The first-order chi connectivity index (χ1) is 13.0. The largest absolute Gasteiger partial charge is 0.484 e. The summed E-state index contributed by atoms with van der Waals surface area (Å²) in [5.74, 6) is -0.164. The molecule has 0 aliphatic carbocycles. The number of carboxylic acid groups (broad SMARTS) is 1. The van der Waals surface area contributed by atoms with Gasteiger partial charge in [0.1, 0.15) is 17.3 Å². The first kappa shape index (κ1) is 18.2. The van der Waals surface area contributed by atoms with Crippen LogP contribution in [0.2, 0.25) is 0 Å². The Labute approximate surface area is 154 Å². The maximum atomic E-state index is 12.3. The molecule has 1 aliphatic rings. The number of nitrogens with one attached hydrogen (secondary N) is 1. The number of benzene rings is 1. The van der Waals surface area contributed by atoms with Crippen LogP contribution in [0, 0.1) is 0 Å². The van der Waals surface area contributed by atoms with Crippen LogP contribution in [0.1, 0.15) is 29.0 Å². The second-order valence-electron chi connectivity index (χ2n) is 5.75. The lowest BCUT2D eigenvalue weighted by Crippen LogP contribution is -2.29. The maximum absolute atomic E-state index is 12.3. The summed E-state index contributed by atoms with van der Waals surface area (Å²) in [5.41, 5.74) is 0.401. The minimum Gasteiger partial charge on any atom is -0.484 e. The van der Waals surface area contributed by atoms with Crippen LogP contribution < -0.4 is 14.8 Å². The van der Waals surface area contributed by atoms with Crippen LogP contribution in [0.15, 0.2) is 46.8 Å². The highest BCUT2D eigenvalue weighted by Gasteiger charge is 2.28. The van der Waals surface area contributed by atoms with Crippen LogP contribution in [0.4, 0.5) is 0 Å². The molecule has 2 heterocycles. The number of fused-ring (bicyclic) bond motifs is 1. The van der Waals surface area contributed by atoms with Gasteiger partial charge in [0, 0.05) is 25.1 Å². The summed E-state index contributed by atoms with van der Waals surface area (Å²) in [5, 5.41) is 11.1. The van der Waals surface area contributed by atoms with Crippen LogP contribution in [-0.2, 0) is 9.59 Å². The third-order valence-electron chi connectivity index (χ3n) is 3.72. The van der Waals surface area contributed by atoms with Crippen LogP contribution in [0.5, 0.6) is 11.5 Å². The molecule has 1 aromatic carbocycles. The van der Waals surface area contributed by atoms with Gasteiger partial charge in [-0.05, 0) is 30.7 Å². The lowest BCUT2D eigenvalue weighted by atomic mass is 10.1. The summed E-state index contributed by atoms with van der Waals surface area (Å²) in [4.78, 5) is 34.4. The normalized spacial score (nSPS) is 13.9. The zero-order valence-electron chi connectivity index (χ0n) is 14.3. The van der Waals surface area contributed by atoms with Crippen molar-refractivity contribution < 1.29 is 33.4 Å². The fourth-order valence-electron chi connectivity index (χ4n) is 2.43. The van der Waals surface area contributed by atoms with Gasteiger partial charge in [-0.1, -0.05) is 0 Å². The molecule has 1 amide bonds. The van der Waals surface area contributed by atoms with Crippen LogP contribution in [0.25, 0.3) is 6.08 Å². The number of furan rings is 1. The summed E-state index contributed by atoms with van der Waals surface area (Å²) >= 11 is 0. The first-order valence-electron chi connectivity index (χ1n) is 8.26. The van der Waals surface area contributed by atoms with Crippen LogP contribution >= 0.6 is 0 Å². The van der Waals surface area contributed by atoms with E-state index in [2.05, 4.69) is 5.32 Å². The summed E-state index contributed by atoms with van der Waals surface area (Å²) in [6.45, 7) is 0.0339. The Balaban J connectivity index is 1.54. The van der Waals surface area contributed by atoms with Crippen molar-refractivity contribution in [1.29, 1.82) is 0 Å². The zero-order valence-corrected chi connectivity index (χ0v) is 14.3. The number of Topliss-reactive ketones (excluding diaryl/α,β-unsaturated/α-hetero) is 1. The molecule has 2 N–H and O–H groups in total. The van der Waals surface area contributed by atoms with Gasteiger partial charge in [-0.2, -0.15) is 0 Å². The number of aliphatic carboxylic acids is 1. The van der Waals surface area contributed by atoms with Gasteiger partial charge in [-0.25, -0.2) is 0 Å². The third kappa shape index (κ3) is 4.75. The number of ketones is 1. The Morgan fingerprint density at radius 2 is 2.11 bits per heavy atom. The lowest BCUT2D eigenvalue weighted by molar-refractivity contribution is -0.137. The van der Waals surface area contributed by atoms with Crippen molar-refractivity contribution in [3.8, 4) is 11.5 Å². The number of carboxylic acids is 1. The average molecular weight is 371 g/mol. The minimum absolute atomic E-state index is 0.00875. The molecule has 140 valence electrons. The van der Waals surface area contributed by atoms with E-state index in [0.29, 0.717) is 29.2 Å². The van der Waals surface area contributed by atoms with Gasteiger partial charge in [-0.3, -0.25) is 14.4 Å². The summed E-state index contributed by atoms with van der Waals surface area (Å²) in [6.07, 6.45) is 3.34. The average Bonchev–Trinajstić information content (AvgIpc) is 3.25. The third-order valence-corrected chi connectivity index (χ3v) is 3.72. The van der Waals surface area contributed by atoms with Crippen LogP contribution in [0.3, 0.4) is 0 Å². The molecule has 8 heteroatoms. The van der Waals surface area contributed by atoms with Gasteiger partial charge >= 0.3 is 5.97 Å². The predicted molar refractivity (Wildman–Crippen MR) is 93.5 cm³/mol. The predicted octanol–water partition coefficient (Wildman–Crippen LogP) is 2.26. The number of ether oxygens (including phenoxy) is 2. The van der Waals surface area contributed by atoms with Gasteiger partial charge in [0.25, 0.3) is 5.91 Å². The van der Waals surface area contributed by atoms with Crippen molar-refractivity contribution in [2.24, 2.45) is 0 Å². The highest BCUT2D eigenvalue weighted by molar-refractivity contribution is 6.14. The van der Waals surface area contributed by atoms with Gasteiger partial charge in [0.2, 0.25) is 5.78 Å². The Hall–Kier alpha value is -3.55. The summed E-state index contributed by atoms with van der Waals surface area (Å²) in [7, 11) is 0. The molecule has 3 rings (SSSR count). The van der Waals surface area contributed by atoms with Crippen molar-refractivity contribution in [3.05, 3.63) is 53.7 Å². The van der Waals surface area contributed by atoms with E-state index in [9.17, 15) is 14.4 Å². The van der Waals surface area contributed by atoms with E-state index in [-0.39, 0.29) is 37.0 Å². The molecule has 0 bridgehead atoms. The van der Waals surface area contributed by atoms with E-state index in [0.717, 1.165) is 0 Å². The lowest BCUT2D eigenvalue weighted by Gasteiger charge is -2.08. The number of hydrogen-bond donors (Lipinski definition) is 2. The quantitative estimate of drug-likeness (QED) is 0.540. The van der Waals surface area contributed by atoms with E-state index < -0.39 is 5.97 Å². The number of hydrogen-bond acceptors (Lipinski definition) is 6. The number of carbonyl (C=O) groups is 3. The number of carbonyl (C=O) groups excluding carboxylic acids is 2. The highest BCUT2D eigenvalue weighted by atomic mass is 16.5. The minimum atomic E-state index is -0.909. The van der Waals surface area contributed by atoms with Crippen molar-refractivity contribution in [3.63, 3.8) is 0 Å². The Morgan fingerprint density at radius 3 is 2.85 bits per heavy atom. The van der Waals surface area contributed by atoms with E-state index in [4.69, 9.17) is 19.0 Å². The molecular weight excluding hydrogens is 354 g/mol. The fourth-order valence-corrected chi connectivity index (χ4v) is 2.43. The SMILES string of the molecule is O=C(O)CCCNC(=O)COc1ccc2c(c1)OC(=Cc1ccco1)C2=O. The smallest absolute Gasteiger partial charge is 0.303 e. The number of amides is 1. The molecule has 0 radical (unpaired) electrons. The molecular formula is C19H17NO7. The van der Waals surface area contributed by atoms with Crippen molar-refractivity contribution in [2.75, 3.05) is 13.2 Å². The molecule has 27 heavy (non-hydrogen) atoms. The van der Waals surface area contributed by atoms with Gasteiger partial charge in [0.15, 0.2) is 12.4 Å². The topological polar surface area (TPSA) is 115 Å². The van der Waals surface area contributed by atoms with Gasteiger partial charge in [-0.15, -0.1) is 0 Å². The standard InChI is InChI=1S/C19H17NO7/c21-17(20-7-1-4-18(22)23)11-26-13-5-6-14-15(9-13)27-16(19(14)24)10-12-3-2-8-25-12/h2-3,5-6,8-10H,1,4,7,11H2,(H,20,21)(H,22,23). The van der Waals surface area contributed by atoms with Crippen molar-refractivity contribution in [1.82, 2.24) is 5.32 Å². The van der Waals surface area contributed by atoms with Crippen molar-refractivity contribution >= 4 is 23.7 Å². The molecule has 0 saturated carbocycles. The van der Waals surface area contributed by atoms with E-state index in [1.54, 1.807) is 24.3 Å². The molecule has 0 spiro atoms. The molecule has 0 unspecified atom stereocenters. The van der Waals surface area contributed by atoms with E-state index in [1.807, 2.05) is 0 Å². The molecule has 1 aromatic heterocycles. The molecule has 0 saturated heterocycles. The molecule has 1 aliphatic heterocycles. The molecule has 2 aromatic rings. The first-order valence-corrected chi connectivity index (χ1v) is 8.26. The highest BCUT2D eigenvalue weighted by Crippen LogP contribution is 2.34. The van der Waals surface area contributed by atoms with Crippen molar-refractivity contribution in [2.45, 2.75) is 12.8 Å². The van der Waals surface area contributed by atoms with Gasteiger partial charge in [0.05, 0.1) is 11.8 Å². The molecule has 0 fully saturated rings. The van der Waals surface area contributed by atoms with Gasteiger partial charge < -0.3 is 24.3 Å². The second kappa shape index (κ2) is 8.22. The molecule has 0 atom stereocenters.